The van der Waals surface area contributed by atoms with Crippen molar-refractivity contribution in [3.8, 4) is 0 Å². The van der Waals surface area contributed by atoms with Gasteiger partial charge in [0.2, 0.25) is 0 Å². The van der Waals surface area contributed by atoms with E-state index in [4.69, 9.17) is 5.11 Å². The van der Waals surface area contributed by atoms with E-state index in [0.29, 0.717) is 6.54 Å². The number of hydrogen-bond donors (Lipinski definition) is 1. The van der Waals surface area contributed by atoms with Crippen LogP contribution in [0.5, 0.6) is 0 Å². The molecule has 78 valence electrons. The predicted molar refractivity (Wildman–Crippen MR) is 51.5 cm³/mol. The second-order valence-electron chi connectivity index (χ2n) is 3.25. The van der Waals surface area contributed by atoms with Crippen LogP contribution in [0.3, 0.4) is 0 Å². The maximum Gasteiger partial charge on any atom is 0.338 e. The molecule has 2 aromatic heterocycles. The zero-order valence-electron chi connectivity index (χ0n) is 8.16. The Morgan fingerprint density at radius 1 is 1.40 bits per heavy atom. The van der Waals surface area contributed by atoms with E-state index in [2.05, 4.69) is 10.2 Å². The maximum absolute atomic E-state index is 10.6. The number of carboxylic acid groups (broad SMARTS) is 1. The van der Waals surface area contributed by atoms with Gasteiger partial charge in [0, 0.05) is 25.0 Å². The first-order valence-electron chi connectivity index (χ1n) is 4.38. The first kappa shape index (κ1) is 9.45. The molecule has 0 fully saturated rings. The van der Waals surface area contributed by atoms with Gasteiger partial charge in [-0.15, -0.1) is 0 Å². The first-order valence-corrected chi connectivity index (χ1v) is 4.38. The van der Waals surface area contributed by atoms with Crippen LogP contribution in [0.15, 0.2) is 24.8 Å². The average molecular weight is 206 g/mol. The van der Waals surface area contributed by atoms with E-state index in [9.17, 15) is 4.79 Å². The third kappa shape index (κ3) is 2.04. The van der Waals surface area contributed by atoms with Crippen molar-refractivity contribution in [2.24, 2.45) is 7.05 Å². The van der Waals surface area contributed by atoms with E-state index in [0.717, 1.165) is 5.56 Å². The van der Waals surface area contributed by atoms with Crippen molar-refractivity contribution in [1.29, 1.82) is 0 Å². The van der Waals surface area contributed by atoms with Crippen LogP contribution in [0.2, 0.25) is 0 Å². The Balaban J connectivity index is 2.14. The van der Waals surface area contributed by atoms with E-state index in [1.54, 1.807) is 15.6 Å². The molecule has 0 aliphatic carbocycles. The van der Waals surface area contributed by atoms with Gasteiger partial charge in [0.25, 0.3) is 0 Å². The lowest BCUT2D eigenvalue weighted by Crippen LogP contribution is -1.99. The second-order valence-corrected chi connectivity index (χ2v) is 3.25. The summed E-state index contributed by atoms with van der Waals surface area (Å²) < 4.78 is 3.26. The third-order valence-electron chi connectivity index (χ3n) is 1.98. The molecule has 2 rings (SSSR count). The minimum absolute atomic E-state index is 0.193. The first-order chi connectivity index (χ1) is 7.15. The van der Waals surface area contributed by atoms with Crippen molar-refractivity contribution in [2.75, 3.05) is 0 Å². The number of aromatic carboxylic acids is 1. The second kappa shape index (κ2) is 3.56. The molecule has 1 N–H and O–H groups in total. The standard InChI is InChI=1S/C9H10N4O2/c1-12-4-7(2-10-12)5-13-6-8(3-11-13)9(14)15/h2-4,6H,5H2,1H3,(H,14,15). The van der Waals surface area contributed by atoms with Crippen LogP contribution < -0.4 is 0 Å². The molecule has 0 spiro atoms. The molecule has 0 bridgehead atoms. The molecule has 0 amide bonds. The highest BCUT2D eigenvalue weighted by atomic mass is 16.4. The number of rotatable bonds is 3. The van der Waals surface area contributed by atoms with E-state index in [1.165, 1.54) is 12.4 Å². The van der Waals surface area contributed by atoms with Crippen LogP contribution >= 0.6 is 0 Å². The molecule has 0 atom stereocenters. The summed E-state index contributed by atoms with van der Waals surface area (Å²) in [7, 11) is 1.83. The molecule has 2 heterocycles. The van der Waals surface area contributed by atoms with Crippen LogP contribution in [0.1, 0.15) is 15.9 Å². The molecule has 0 saturated carbocycles. The van der Waals surface area contributed by atoms with Gasteiger partial charge < -0.3 is 5.11 Å². The molecule has 0 aliphatic heterocycles. The van der Waals surface area contributed by atoms with E-state index in [-0.39, 0.29) is 5.56 Å². The Morgan fingerprint density at radius 2 is 2.20 bits per heavy atom. The van der Waals surface area contributed by atoms with Crippen LogP contribution in [0.4, 0.5) is 0 Å². The van der Waals surface area contributed by atoms with Crippen molar-refractivity contribution in [2.45, 2.75) is 6.54 Å². The number of nitrogens with zero attached hydrogens (tertiary/aromatic N) is 4. The third-order valence-corrected chi connectivity index (χ3v) is 1.98. The zero-order chi connectivity index (χ0) is 10.8. The summed E-state index contributed by atoms with van der Waals surface area (Å²) in [6, 6.07) is 0. The number of aromatic nitrogens is 4. The van der Waals surface area contributed by atoms with E-state index < -0.39 is 5.97 Å². The fraction of sp³-hybridized carbons (Fsp3) is 0.222. The normalized spacial score (nSPS) is 10.5. The highest BCUT2D eigenvalue weighted by Gasteiger charge is 2.06. The molecule has 0 radical (unpaired) electrons. The summed E-state index contributed by atoms with van der Waals surface area (Å²) in [5.41, 5.74) is 1.18. The molecule has 15 heavy (non-hydrogen) atoms. The number of aryl methyl sites for hydroxylation is 1. The average Bonchev–Trinajstić information content (AvgIpc) is 2.76. The van der Waals surface area contributed by atoms with E-state index >= 15 is 0 Å². The Labute approximate surface area is 85.8 Å². The molecular weight excluding hydrogens is 196 g/mol. The molecule has 2 aromatic rings. The summed E-state index contributed by atoms with van der Waals surface area (Å²) in [6.07, 6.45) is 6.41. The van der Waals surface area contributed by atoms with Crippen LogP contribution in [0.25, 0.3) is 0 Å². The van der Waals surface area contributed by atoms with Gasteiger partial charge in [-0.2, -0.15) is 10.2 Å². The highest BCUT2D eigenvalue weighted by Crippen LogP contribution is 2.02. The lowest BCUT2D eigenvalue weighted by molar-refractivity contribution is 0.0697. The minimum Gasteiger partial charge on any atom is -0.478 e. The molecule has 6 heteroatoms. The van der Waals surface area contributed by atoms with E-state index in [1.807, 2.05) is 13.2 Å². The lowest BCUT2D eigenvalue weighted by Gasteiger charge is -1.96. The molecule has 0 saturated heterocycles. The van der Waals surface area contributed by atoms with Gasteiger partial charge in [0.1, 0.15) is 0 Å². The quantitative estimate of drug-likeness (QED) is 0.787. The van der Waals surface area contributed by atoms with Crippen LogP contribution in [-0.4, -0.2) is 30.6 Å². The van der Waals surface area contributed by atoms with Crippen molar-refractivity contribution in [3.63, 3.8) is 0 Å². The maximum atomic E-state index is 10.6. The zero-order valence-corrected chi connectivity index (χ0v) is 8.16. The summed E-state index contributed by atoms with van der Waals surface area (Å²) in [6.45, 7) is 0.529. The minimum atomic E-state index is -0.965. The Bertz CT molecular complexity index is 486. The summed E-state index contributed by atoms with van der Waals surface area (Å²) in [5, 5.41) is 16.7. The topological polar surface area (TPSA) is 72.9 Å². The van der Waals surface area contributed by atoms with Gasteiger partial charge in [-0.3, -0.25) is 9.36 Å². The fourth-order valence-corrected chi connectivity index (χ4v) is 1.30. The van der Waals surface area contributed by atoms with Gasteiger partial charge in [-0.05, 0) is 0 Å². The van der Waals surface area contributed by atoms with Gasteiger partial charge in [0.05, 0.1) is 24.5 Å². The molecule has 0 aromatic carbocycles. The SMILES string of the molecule is Cn1cc(Cn2cc(C(=O)O)cn2)cn1. The van der Waals surface area contributed by atoms with Gasteiger partial charge in [-0.1, -0.05) is 0 Å². The predicted octanol–water partition coefficient (Wildman–Crippen LogP) is 0.363. The molecule has 0 aliphatic rings. The smallest absolute Gasteiger partial charge is 0.338 e. The summed E-state index contributed by atoms with van der Waals surface area (Å²) >= 11 is 0. The lowest BCUT2D eigenvalue weighted by atomic mass is 10.3. The van der Waals surface area contributed by atoms with Crippen LogP contribution in [0, 0.1) is 0 Å². The van der Waals surface area contributed by atoms with Crippen molar-refractivity contribution in [1.82, 2.24) is 19.6 Å². The fourth-order valence-electron chi connectivity index (χ4n) is 1.30. The largest absolute Gasteiger partial charge is 0.478 e. The highest BCUT2D eigenvalue weighted by molar-refractivity contribution is 5.86. The summed E-state index contributed by atoms with van der Waals surface area (Å²) in [5.74, 6) is -0.965. The number of carbonyl (C=O) groups is 1. The number of carboxylic acids is 1. The molecule has 6 nitrogen and oxygen atoms in total. The van der Waals surface area contributed by atoms with Crippen molar-refractivity contribution >= 4 is 5.97 Å². The van der Waals surface area contributed by atoms with Crippen molar-refractivity contribution < 1.29 is 9.90 Å². The number of hydrogen-bond acceptors (Lipinski definition) is 3. The monoisotopic (exact) mass is 206 g/mol. The Morgan fingerprint density at radius 3 is 2.73 bits per heavy atom. The molecule has 0 unspecified atom stereocenters. The summed E-state index contributed by atoms with van der Waals surface area (Å²) in [4.78, 5) is 10.6. The van der Waals surface area contributed by atoms with Crippen LogP contribution in [-0.2, 0) is 13.6 Å². The Hall–Kier alpha value is -2.11. The van der Waals surface area contributed by atoms with Gasteiger partial charge >= 0.3 is 5.97 Å². The molecular formula is C9H10N4O2. The Kier molecular flexibility index (Phi) is 2.24. The van der Waals surface area contributed by atoms with Gasteiger partial charge in [0.15, 0.2) is 0 Å². The van der Waals surface area contributed by atoms with Gasteiger partial charge in [-0.25, -0.2) is 4.79 Å². The van der Waals surface area contributed by atoms with Crippen molar-refractivity contribution in [3.05, 3.63) is 35.9 Å².